The Bertz CT molecular complexity index is 1270. The summed E-state index contributed by atoms with van der Waals surface area (Å²) in [4.78, 5) is 29.4. The van der Waals surface area contributed by atoms with Crippen molar-refractivity contribution in [3.63, 3.8) is 0 Å². The van der Waals surface area contributed by atoms with Crippen molar-refractivity contribution >= 4 is 27.9 Å². The molecule has 0 unspecified atom stereocenters. The van der Waals surface area contributed by atoms with Gasteiger partial charge in [0, 0.05) is 23.4 Å². The number of aromatic nitrogens is 3. The van der Waals surface area contributed by atoms with E-state index in [9.17, 15) is 14.0 Å². The van der Waals surface area contributed by atoms with Crippen molar-refractivity contribution in [2.45, 2.75) is 20.0 Å². The Kier molecular flexibility index (Phi) is 5.53. The number of carbonyl (C=O) groups excluding carboxylic acids is 1. The van der Waals surface area contributed by atoms with Gasteiger partial charge in [-0.15, -0.1) is 0 Å². The minimum Gasteiger partial charge on any atom is -0.487 e. The second kappa shape index (κ2) is 8.42. The molecule has 9 heteroatoms. The Morgan fingerprint density at radius 2 is 2.00 bits per heavy atom. The second-order valence-corrected chi connectivity index (χ2v) is 7.45. The van der Waals surface area contributed by atoms with Crippen LogP contribution in [0, 0.1) is 5.82 Å². The predicted octanol–water partition coefficient (Wildman–Crippen LogP) is 3.68. The molecule has 1 amide bonds. The van der Waals surface area contributed by atoms with Crippen LogP contribution in [0.2, 0.25) is 0 Å². The van der Waals surface area contributed by atoms with Gasteiger partial charge >= 0.3 is 0 Å². The van der Waals surface area contributed by atoms with Gasteiger partial charge in [-0.3, -0.25) is 9.59 Å². The topological polar surface area (TPSA) is 85.6 Å². The first-order chi connectivity index (χ1) is 14.5. The number of amides is 1. The number of hydrogen-bond donors (Lipinski definition) is 1. The molecule has 2 aromatic heterocycles. The van der Waals surface area contributed by atoms with Gasteiger partial charge < -0.3 is 10.1 Å². The van der Waals surface area contributed by atoms with Crippen molar-refractivity contribution in [2.24, 2.45) is 0 Å². The van der Waals surface area contributed by atoms with Crippen LogP contribution in [-0.2, 0) is 13.0 Å². The summed E-state index contributed by atoms with van der Waals surface area (Å²) in [7, 11) is 0. The first kappa shape index (κ1) is 19.7. The van der Waals surface area contributed by atoms with E-state index in [2.05, 4.69) is 15.4 Å². The number of anilines is 1. The van der Waals surface area contributed by atoms with Crippen LogP contribution in [0.1, 0.15) is 28.0 Å². The van der Waals surface area contributed by atoms with E-state index in [1.165, 1.54) is 46.2 Å². The van der Waals surface area contributed by atoms with Crippen molar-refractivity contribution in [3.05, 3.63) is 87.0 Å². The lowest BCUT2D eigenvalue weighted by atomic mass is 10.2. The van der Waals surface area contributed by atoms with E-state index in [0.29, 0.717) is 27.7 Å². The van der Waals surface area contributed by atoms with Crippen LogP contribution in [-0.4, -0.2) is 20.5 Å². The highest BCUT2D eigenvalue weighted by atomic mass is 32.1. The maximum absolute atomic E-state index is 13.0. The van der Waals surface area contributed by atoms with Crippen molar-refractivity contribution in [2.75, 3.05) is 5.32 Å². The SMILES string of the molecule is CCc1nn2c(=O)cc(COc3cccc(NC(=O)c4ccc(F)cc4)c3)nc2s1. The van der Waals surface area contributed by atoms with Crippen LogP contribution in [0.3, 0.4) is 0 Å². The van der Waals surface area contributed by atoms with E-state index in [0.717, 1.165) is 11.4 Å². The largest absolute Gasteiger partial charge is 0.487 e. The molecule has 0 atom stereocenters. The normalized spacial score (nSPS) is 10.9. The van der Waals surface area contributed by atoms with Crippen molar-refractivity contribution < 1.29 is 13.9 Å². The Morgan fingerprint density at radius 3 is 2.77 bits per heavy atom. The number of halogens is 1. The highest BCUT2D eigenvalue weighted by Crippen LogP contribution is 2.20. The summed E-state index contributed by atoms with van der Waals surface area (Å²) >= 11 is 1.37. The van der Waals surface area contributed by atoms with Gasteiger partial charge in [-0.05, 0) is 42.8 Å². The average molecular weight is 424 g/mol. The summed E-state index contributed by atoms with van der Waals surface area (Å²) in [6.45, 7) is 2.06. The zero-order valence-corrected chi connectivity index (χ0v) is 16.8. The van der Waals surface area contributed by atoms with E-state index < -0.39 is 5.82 Å². The molecule has 0 aliphatic rings. The van der Waals surface area contributed by atoms with Gasteiger partial charge in [-0.25, -0.2) is 9.37 Å². The lowest BCUT2D eigenvalue weighted by Gasteiger charge is -2.09. The third kappa shape index (κ3) is 4.36. The first-order valence-corrected chi connectivity index (χ1v) is 10.0. The minimum atomic E-state index is -0.405. The second-order valence-electron chi connectivity index (χ2n) is 6.41. The summed E-state index contributed by atoms with van der Waals surface area (Å²) in [5.41, 5.74) is 1.11. The maximum atomic E-state index is 13.0. The molecule has 2 heterocycles. The van der Waals surface area contributed by atoms with Crippen LogP contribution in [0.15, 0.2) is 59.4 Å². The molecule has 0 spiro atoms. The Labute approximate surface area is 174 Å². The van der Waals surface area contributed by atoms with Crippen molar-refractivity contribution in [1.82, 2.24) is 14.6 Å². The van der Waals surface area contributed by atoms with Gasteiger partial charge in [0.15, 0.2) is 0 Å². The van der Waals surface area contributed by atoms with Crippen molar-refractivity contribution in [3.8, 4) is 5.75 Å². The van der Waals surface area contributed by atoms with Gasteiger partial charge in [-0.1, -0.05) is 24.3 Å². The molecule has 2 aromatic carbocycles. The fraction of sp³-hybridized carbons (Fsp3) is 0.143. The smallest absolute Gasteiger partial charge is 0.275 e. The van der Waals surface area contributed by atoms with E-state index in [4.69, 9.17) is 4.74 Å². The molecular weight excluding hydrogens is 407 g/mol. The van der Waals surface area contributed by atoms with Gasteiger partial charge in [0.05, 0.1) is 5.69 Å². The number of fused-ring (bicyclic) bond motifs is 1. The van der Waals surface area contributed by atoms with Crippen LogP contribution in [0.5, 0.6) is 5.75 Å². The summed E-state index contributed by atoms with van der Waals surface area (Å²) < 4.78 is 20.0. The molecule has 0 aliphatic carbocycles. The Hall–Kier alpha value is -3.59. The van der Waals surface area contributed by atoms with E-state index in [-0.39, 0.29) is 18.1 Å². The Morgan fingerprint density at radius 1 is 1.20 bits per heavy atom. The summed E-state index contributed by atoms with van der Waals surface area (Å²) in [5.74, 6) is -0.255. The number of carbonyl (C=O) groups is 1. The van der Waals surface area contributed by atoms with Gasteiger partial charge in [0.25, 0.3) is 11.5 Å². The molecule has 0 saturated carbocycles. The number of aryl methyl sites for hydroxylation is 1. The third-order valence-corrected chi connectivity index (χ3v) is 5.28. The van der Waals surface area contributed by atoms with E-state index >= 15 is 0 Å². The number of rotatable bonds is 6. The lowest BCUT2D eigenvalue weighted by molar-refractivity contribution is 0.102. The zero-order chi connectivity index (χ0) is 21.1. The standard InChI is InChI=1S/C21H17FN4O3S/c1-2-18-25-26-19(27)11-16(24-21(26)30-18)12-29-17-5-3-4-15(10-17)23-20(28)13-6-8-14(22)9-7-13/h3-11H,2,12H2,1H3,(H,23,28). The summed E-state index contributed by atoms with van der Waals surface area (Å²) in [6, 6.07) is 13.5. The molecule has 0 aliphatic heterocycles. The molecule has 152 valence electrons. The molecule has 1 N–H and O–H groups in total. The predicted molar refractivity (Wildman–Crippen MR) is 112 cm³/mol. The van der Waals surface area contributed by atoms with E-state index in [1.807, 2.05) is 6.92 Å². The molecule has 0 fully saturated rings. The number of nitrogens with one attached hydrogen (secondary N) is 1. The van der Waals surface area contributed by atoms with Gasteiger partial charge in [0.1, 0.15) is 23.2 Å². The minimum absolute atomic E-state index is 0.0977. The lowest BCUT2D eigenvalue weighted by Crippen LogP contribution is -2.16. The van der Waals surface area contributed by atoms with Gasteiger partial charge in [-0.2, -0.15) is 9.61 Å². The summed E-state index contributed by atoms with van der Waals surface area (Å²) in [5, 5.41) is 7.79. The molecule has 0 saturated heterocycles. The van der Waals surface area contributed by atoms with Crippen LogP contribution >= 0.6 is 11.3 Å². The zero-order valence-electron chi connectivity index (χ0n) is 16.0. The molecule has 4 rings (SSSR count). The fourth-order valence-corrected chi connectivity index (χ4v) is 3.60. The van der Waals surface area contributed by atoms with Crippen LogP contribution < -0.4 is 15.6 Å². The highest BCUT2D eigenvalue weighted by Gasteiger charge is 2.10. The van der Waals surface area contributed by atoms with E-state index in [1.54, 1.807) is 24.3 Å². The maximum Gasteiger partial charge on any atom is 0.275 e. The van der Waals surface area contributed by atoms with Gasteiger partial charge in [0.2, 0.25) is 4.96 Å². The fourth-order valence-electron chi connectivity index (χ4n) is 2.74. The first-order valence-electron chi connectivity index (χ1n) is 9.20. The molecule has 7 nitrogen and oxygen atoms in total. The molecule has 0 bridgehead atoms. The average Bonchev–Trinajstić information content (AvgIpc) is 3.17. The highest BCUT2D eigenvalue weighted by molar-refractivity contribution is 7.16. The monoisotopic (exact) mass is 424 g/mol. The van der Waals surface area contributed by atoms with Crippen LogP contribution in [0.25, 0.3) is 4.96 Å². The van der Waals surface area contributed by atoms with Crippen LogP contribution in [0.4, 0.5) is 10.1 Å². The third-order valence-electron chi connectivity index (χ3n) is 4.23. The molecule has 30 heavy (non-hydrogen) atoms. The number of ether oxygens (including phenoxy) is 1. The van der Waals surface area contributed by atoms with Crippen molar-refractivity contribution in [1.29, 1.82) is 0 Å². The number of benzene rings is 2. The molecule has 4 aromatic rings. The quantitative estimate of drug-likeness (QED) is 0.510. The summed E-state index contributed by atoms with van der Waals surface area (Å²) in [6.07, 6.45) is 0.732. The number of hydrogen-bond acceptors (Lipinski definition) is 6. The number of nitrogens with zero attached hydrogens (tertiary/aromatic N) is 3. The molecule has 0 radical (unpaired) electrons. The molecular formula is C21H17FN4O3S. The Balaban J connectivity index is 1.45.